The molecule has 4 aliphatic heterocycles. The number of aryl methyl sites for hydroxylation is 2. The Morgan fingerprint density at radius 3 is 1.47 bits per heavy atom. The molecule has 0 aliphatic carbocycles. The number of piperidine rings is 3. The van der Waals surface area contributed by atoms with Crippen molar-refractivity contribution < 1.29 is 14.7 Å². The molecular formula is C61H79N15O3. The number of fused-ring (bicyclic) bond motifs is 4. The maximum Gasteiger partial charge on any atom is 0.352 e. The number of pyridine rings is 4. The van der Waals surface area contributed by atoms with E-state index in [9.17, 15) is 14.7 Å². The van der Waals surface area contributed by atoms with Crippen molar-refractivity contribution in [3.05, 3.63) is 109 Å². The monoisotopic (exact) mass is 1070 g/mol. The third-order valence-corrected chi connectivity index (χ3v) is 16.7. The van der Waals surface area contributed by atoms with E-state index in [1.54, 1.807) is 30.1 Å². The fraction of sp³-hybridized carbons (Fsp3) is 0.443. The summed E-state index contributed by atoms with van der Waals surface area (Å²) in [7, 11) is 12.4. The molecule has 4 saturated heterocycles. The number of nitrogens with two attached hydrogens (primary N) is 1. The van der Waals surface area contributed by atoms with Crippen molar-refractivity contribution in [2.75, 3.05) is 117 Å². The molecule has 4 aliphatic rings. The van der Waals surface area contributed by atoms with Crippen LogP contribution >= 0.6 is 0 Å². The number of likely N-dealkylation sites (tertiary alicyclic amines) is 3. The Kier molecular flexibility index (Phi) is 17.5. The second-order valence-corrected chi connectivity index (χ2v) is 22.4. The number of carboxylic acids is 1. The number of nitrogens with one attached hydrogen (secondary N) is 3. The summed E-state index contributed by atoms with van der Waals surface area (Å²) in [6.45, 7) is 12.6. The number of hydrogen-bond donors (Lipinski definition) is 5. The van der Waals surface area contributed by atoms with Crippen molar-refractivity contribution in [3.8, 4) is 22.5 Å². The van der Waals surface area contributed by atoms with E-state index in [4.69, 9.17) is 15.7 Å². The summed E-state index contributed by atoms with van der Waals surface area (Å²) < 4.78 is 3.70. The minimum absolute atomic E-state index is 0.00452. The third kappa shape index (κ3) is 13.2. The first-order valence-electron chi connectivity index (χ1n) is 28.2. The van der Waals surface area contributed by atoms with Gasteiger partial charge in [-0.25, -0.2) is 14.8 Å². The van der Waals surface area contributed by atoms with Gasteiger partial charge in [0.15, 0.2) is 0 Å². The first kappa shape index (κ1) is 55.3. The van der Waals surface area contributed by atoms with E-state index >= 15 is 0 Å². The van der Waals surface area contributed by atoms with Crippen LogP contribution in [-0.4, -0.2) is 189 Å². The van der Waals surface area contributed by atoms with Gasteiger partial charge in [-0.3, -0.25) is 19.7 Å². The molecule has 0 bridgehead atoms. The Balaban J connectivity index is 0.000000157. The fourth-order valence-corrected chi connectivity index (χ4v) is 11.5. The molecule has 0 atom stereocenters. The van der Waals surface area contributed by atoms with Gasteiger partial charge < -0.3 is 55.5 Å². The molecule has 0 radical (unpaired) electrons. The summed E-state index contributed by atoms with van der Waals surface area (Å²) in [6.07, 6.45) is 14.0. The number of aromatic carboxylic acids is 1. The topological polar surface area (TPSA) is 194 Å². The summed E-state index contributed by atoms with van der Waals surface area (Å²) in [4.78, 5) is 54.8. The molecule has 416 valence electrons. The number of aromatic nitrogens is 6. The molecule has 18 nitrogen and oxygen atoms in total. The predicted octanol–water partition coefficient (Wildman–Crippen LogP) is 7.51. The standard InChI is InChI=1S/C31H39N7O.C24H25N5O2.C6H15N3/c1-36-12-7-21(8-13-36)19-33-31(39)30-17-23-16-22(4-5-29(23)38(30)3)27-18-28(25-20-32-11-6-26(25)35-27)34-24-9-14-37(2)15-10-24;1-28-9-6-17(7-10-28)26-21-13-20(27-19-5-8-25-14-18(19)21)15-3-4-22-16(11-15)12-23(24(30)31)29(22)2;1-8-2-4-9(6-7)5-3-8/h4-6,11,16-18,20-21,24H,7-10,12-15,19H2,1-3H3,(H,33,39)(H,34,35);3-5,8,11-14,17H,6-7,9-10H2,1-2H3,(H,26,27)(H,30,31);2-7H2,1H3. The van der Waals surface area contributed by atoms with Gasteiger partial charge in [-0.15, -0.1) is 0 Å². The minimum atomic E-state index is -0.929. The summed E-state index contributed by atoms with van der Waals surface area (Å²) in [5, 5.41) is 24.1. The maximum absolute atomic E-state index is 13.1. The van der Waals surface area contributed by atoms with Gasteiger partial charge in [0.1, 0.15) is 11.4 Å². The van der Waals surface area contributed by atoms with Crippen molar-refractivity contribution in [1.82, 2.24) is 58.9 Å². The number of carbonyl (C=O) groups excluding carboxylic acids is 1. The Morgan fingerprint density at radius 2 is 1.00 bits per heavy atom. The molecule has 2 aromatic carbocycles. The summed E-state index contributed by atoms with van der Waals surface area (Å²) in [5.41, 5.74) is 16.1. The fourth-order valence-electron chi connectivity index (χ4n) is 11.5. The molecule has 0 spiro atoms. The highest BCUT2D eigenvalue weighted by Gasteiger charge is 2.23. The van der Waals surface area contributed by atoms with Crippen LogP contribution in [0.3, 0.4) is 0 Å². The number of piperazine rings is 1. The molecule has 8 aromatic rings. The van der Waals surface area contributed by atoms with E-state index < -0.39 is 5.97 Å². The van der Waals surface area contributed by atoms with E-state index in [0.717, 1.165) is 188 Å². The average Bonchev–Trinajstić information content (AvgIpc) is 4.07. The number of rotatable bonds is 11. The molecule has 1 amide bonds. The van der Waals surface area contributed by atoms with Crippen LogP contribution in [0.4, 0.5) is 11.4 Å². The minimum Gasteiger partial charge on any atom is -0.477 e. The van der Waals surface area contributed by atoms with Crippen molar-refractivity contribution in [3.63, 3.8) is 0 Å². The Hall–Kier alpha value is -7.06. The van der Waals surface area contributed by atoms with Gasteiger partial charge in [-0.2, -0.15) is 0 Å². The second-order valence-electron chi connectivity index (χ2n) is 22.4. The zero-order chi connectivity index (χ0) is 55.2. The molecule has 0 saturated carbocycles. The first-order valence-corrected chi connectivity index (χ1v) is 28.2. The van der Waals surface area contributed by atoms with Gasteiger partial charge in [0, 0.05) is 145 Å². The van der Waals surface area contributed by atoms with E-state index in [1.807, 2.05) is 60.4 Å². The molecule has 4 fully saturated rings. The van der Waals surface area contributed by atoms with Gasteiger partial charge in [0.05, 0.1) is 22.4 Å². The highest BCUT2D eigenvalue weighted by atomic mass is 16.4. The van der Waals surface area contributed by atoms with E-state index in [1.165, 1.54) is 0 Å². The maximum atomic E-state index is 13.1. The lowest BCUT2D eigenvalue weighted by molar-refractivity contribution is 0.0686. The van der Waals surface area contributed by atoms with Crippen LogP contribution < -0.4 is 21.7 Å². The van der Waals surface area contributed by atoms with E-state index in [-0.39, 0.29) is 11.6 Å². The summed E-state index contributed by atoms with van der Waals surface area (Å²) in [5.74, 6) is -0.380. The molecule has 79 heavy (non-hydrogen) atoms. The highest BCUT2D eigenvalue weighted by Crippen LogP contribution is 2.34. The molecule has 6 aromatic heterocycles. The van der Waals surface area contributed by atoms with Crippen molar-refractivity contribution >= 4 is 66.9 Å². The van der Waals surface area contributed by atoms with Crippen LogP contribution in [-0.2, 0) is 14.1 Å². The summed E-state index contributed by atoms with van der Waals surface area (Å²) >= 11 is 0. The van der Waals surface area contributed by atoms with Crippen LogP contribution in [0.15, 0.2) is 97.6 Å². The quantitative estimate of drug-likeness (QED) is 0.0854. The lowest BCUT2D eigenvalue weighted by Crippen LogP contribution is -2.46. The lowest BCUT2D eigenvalue weighted by atomic mass is 9.97. The zero-order valence-corrected chi connectivity index (χ0v) is 47.0. The Morgan fingerprint density at radius 1 is 0.557 bits per heavy atom. The Labute approximate surface area is 464 Å². The number of hydrogen-bond acceptors (Lipinski definition) is 14. The number of carboxylic acid groups (broad SMARTS) is 1. The lowest BCUT2D eigenvalue weighted by Gasteiger charge is -2.30. The molecule has 6 N–H and O–H groups in total. The number of amides is 1. The molecule has 12 rings (SSSR count). The predicted molar refractivity (Wildman–Crippen MR) is 319 cm³/mol. The summed E-state index contributed by atoms with van der Waals surface area (Å²) in [6, 6.07) is 25.1. The molecule has 0 unspecified atom stereocenters. The average molecular weight is 1070 g/mol. The van der Waals surface area contributed by atoms with Gasteiger partial charge in [-0.1, -0.05) is 12.1 Å². The second kappa shape index (κ2) is 24.9. The first-order chi connectivity index (χ1) is 38.3. The largest absolute Gasteiger partial charge is 0.477 e. The normalized spacial score (nSPS) is 17.9. The third-order valence-electron chi connectivity index (χ3n) is 16.7. The van der Waals surface area contributed by atoms with E-state index in [2.05, 4.69) is 109 Å². The smallest absolute Gasteiger partial charge is 0.352 e. The van der Waals surface area contributed by atoms with Gasteiger partial charge in [-0.05, 0) is 173 Å². The van der Waals surface area contributed by atoms with E-state index in [0.29, 0.717) is 30.4 Å². The molecule has 18 heteroatoms. The number of benzene rings is 2. The van der Waals surface area contributed by atoms with Crippen molar-refractivity contribution in [1.29, 1.82) is 0 Å². The van der Waals surface area contributed by atoms with Crippen molar-refractivity contribution in [2.24, 2.45) is 25.7 Å². The number of nitrogens with zero attached hydrogens (tertiary/aromatic N) is 11. The molecule has 10 heterocycles. The van der Waals surface area contributed by atoms with Crippen LogP contribution in [0.25, 0.3) is 66.1 Å². The Bertz CT molecular complexity index is 3400. The number of likely N-dealkylation sites (N-methyl/N-ethyl adjacent to an activating group) is 1. The van der Waals surface area contributed by atoms with Crippen LogP contribution in [0.2, 0.25) is 0 Å². The van der Waals surface area contributed by atoms with Crippen LogP contribution in [0.5, 0.6) is 0 Å². The van der Waals surface area contributed by atoms with Gasteiger partial charge in [0.2, 0.25) is 0 Å². The number of anilines is 2. The molecular weight excluding hydrogens is 991 g/mol. The zero-order valence-electron chi connectivity index (χ0n) is 47.0. The van der Waals surface area contributed by atoms with Gasteiger partial charge >= 0.3 is 5.97 Å². The SMILES string of the molecule is CN1CCC(CNC(=O)c2cc3cc(-c4cc(NC5CCN(C)CC5)c5cnccc5n4)ccc3n2C)CC1.CN1CCC(Nc2cc(-c3ccc4c(c3)cc(C(=O)O)n4C)nc3ccncc23)CC1.CN1CCN(CN)CC1. The number of carbonyl (C=O) groups is 2. The van der Waals surface area contributed by atoms with Crippen LogP contribution in [0, 0.1) is 5.92 Å². The highest BCUT2D eigenvalue weighted by molar-refractivity contribution is 6.01. The van der Waals surface area contributed by atoms with Crippen molar-refractivity contribution in [2.45, 2.75) is 50.6 Å². The van der Waals surface area contributed by atoms with Gasteiger partial charge in [0.25, 0.3) is 5.91 Å². The van der Waals surface area contributed by atoms with Crippen LogP contribution in [0.1, 0.15) is 59.5 Å².